The quantitative estimate of drug-likeness (QED) is 0.732. The van der Waals surface area contributed by atoms with Gasteiger partial charge in [-0.05, 0) is 42.8 Å². The molecule has 0 heterocycles. The molecule has 122 valence electrons. The van der Waals surface area contributed by atoms with Crippen molar-refractivity contribution in [3.8, 4) is 17.2 Å². The van der Waals surface area contributed by atoms with Crippen molar-refractivity contribution in [3.05, 3.63) is 53.6 Å². The fourth-order valence-electron chi connectivity index (χ4n) is 2.07. The van der Waals surface area contributed by atoms with E-state index in [0.717, 1.165) is 11.3 Å². The molecule has 5 nitrogen and oxygen atoms in total. The van der Waals surface area contributed by atoms with Gasteiger partial charge in [0.1, 0.15) is 12.4 Å². The zero-order valence-corrected chi connectivity index (χ0v) is 13.5. The highest BCUT2D eigenvalue weighted by molar-refractivity contribution is 5.90. The molecule has 5 heteroatoms. The molecule has 2 aromatic carbocycles. The second kappa shape index (κ2) is 8.08. The van der Waals surface area contributed by atoms with E-state index < -0.39 is 5.97 Å². The largest absolute Gasteiger partial charge is 0.497 e. The normalized spacial score (nSPS) is 10.0. The molecule has 0 spiro atoms. The standard InChI is InChI=1S/C18H20O5/c1-4-22-17-11-14(8-9-16(17)21-3)18(19)23-12-13-6-5-7-15(10-13)20-2/h5-11H,4,12H2,1-3H3. The zero-order valence-electron chi connectivity index (χ0n) is 13.5. The summed E-state index contributed by atoms with van der Waals surface area (Å²) in [5.74, 6) is 1.40. The average Bonchev–Trinajstić information content (AvgIpc) is 2.60. The zero-order chi connectivity index (χ0) is 16.7. The predicted octanol–water partition coefficient (Wildman–Crippen LogP) is 3.46. The van der Waals surface area contributed by atoms with Gasteiger partial charge in [-0.25, -0.2) is 4.79 Å². The van der Waals surface area contributed by atoms with E-state index in [1.807, 2.05) is 31.2 Å². The maximum Gasteiger partial charge on any atom is 0.338 e. The number of hydrogen-bond donors (Lipinski definition) is 0. The predicted molar refractivity (Wildman–Crippen MR) is 86.3 cm³/mol. The highest BCUT2D eigenvalue weighted by atomic mass is 16.5. The Morgan fingerprint density at radius 3 is 2.52 bits per heavy atom. The third-order valence-electron chi connectivity index (χ3n) is 3.20. The minimum absolute atomic E-state index is 0.173. The molecule has 0 N–H and O–H groups in total. The van der Waals surface area contributed by atoms with Crippen molar-refractivity contribution in [1.82, 2.24) is 0 Å². The molecule has 0 atom stereocenters. The van der Waals surface area contributed by atoms with Gasteiger partial charge in [-0.2, -0.15) is 0 Å². The Hall–Kier alpha value is -2.69. The topological polar surface area (TPSA) is 54.0 Å². The fourth-order valence-corrected chi connectivity index (χ4v) is 2.07. The van der Waals surface area contributed by atoms with Crippen LogP contribution >= 0.6 is 0 Å². The van der Waals surface area contributed by atoms with Crippen LogP contribution in [-0.2, 0) is 11.3 Å². The molecule has 0 unspecified atom stereocenters. The van der Waals surface area contributed by atoms with Crippen LogP contribution < -0.4 is 14.2 Å². The molecule has 0 saturated carbocycles. The molecule has 0 aromatic heterocycles. The van der Waals surface area contributed by atoms with Gasteiger partial charge in [0.25, 0.3) is 0 Å². The van der Waals surface area contributed by atoms with Crippen LogP contribution in [0.15, 0.2) is 42.5 Å². The van der Waals surface area contributed by atoms with Gasteiger partial charge in [-0.15, -0.1) is 0 Å². The Balaban J connectivity index is 2.06. The number of ether oxygens (including phenoxy) is 4. The maximum absolute atomic E-state index is 12.2. The van der Waals surface area contributed by atoms with Gasteiger partial charge in [0.2, 0.25) is 0 Å². The van der Waals surface area contributed by atoms with E-state index in [1.54, 1.807) is 32.4 Å². The molecule has 23 heavy (non-hydrogen) atoms. The summed E-state index contributed by atoms with van der Waals surface area (Å²) in [6, 6.07) is 12.3. The van der Waals surface area contributed by atoms with Crippen LogP contribution in [0.4, 0.5) is 0 Å². The van der Waals surface area contributed by atoms with Crippen LogP contribution in [0.1, 0.15) is 22.8 Å². The summed E-state index contributed by atoms with van der Waals surface area (Å²) in [6.07, 6.45) is 0. The highest BCUT2D eigenvalue weighted by Crippen LogP contribution is 2.28. The van der Waals surface area contributed by atoms with E-state index in [1.165, 1.54) is 0 Å². The molecule has 0 aliphatic carbocycles. The Labute approximate surface area is 135 Å². The van der Waals surface area contributed by atoms with Gasteiger partial charge in [-0.1, -0.05) is 12.1 Å². The monoisotopic (exact) mass is 316 g/mol. The smallest absolute Gasteiger partial charge is 0.338 e. The van der Waals surface area contributed by atoms with Gasteiger partial charge >= 0.3 is 5.97 Å². The minimum atomic E-state index is -0.420. The van der Waals surface area contributed by atoms with Crippen molar-refractivity contribution < 1.29 is 23.7 Å². The third kappa shape index (κ3) is 4.39. The van der Waals surface area contributed by atoms with Crippen molar-refractivity contribution >= 4 is 5.97 Å². The first kappa shape index (κ1) is 16.7. The number of carbonyl (C=O) groups is 1. The third-order valence-corrected chi connectivity index (χ3v) is 3.20. The molecule has 0 saturated heterocycles. The lowest BCUT2D eigenvalue weighted by molar-refractivity contribution is 0.0472. The van der Waals surface area contributed by atoms with Crippen LogP contribution in [0.3, 0.4) is 0 Å². The molecule has 0 aliphatic heterocycles. The minimum Gasteiger partial charge on any atom is -0.497 e. The van der Waals surface area contributed by atoms with Crippen LogP contribution in [0.2, 0.25) is 0 Å². The molecule has 2 aromatic rings. The summed E-state index contributed by atoms with van der Waals surface area (Å²) < 4.78 is 21.1. The average molecular weight is 316 g/mol. The van der Waals surface area contributed by atoms with E-state index in [4.69, 9.17) is 18.9 Å². The van der Waals surface area contributed by atoms with Crippen molar-refractivity contribution in [1.29, 1.82) is 0 Å². The summed E-state index contributed by atoms with van der Waals surface area (Å²) >= 11 is 0. The summed E-state index contributed by atoms with van der Waals surface area (Å²) in [5.41, 5.74) is 1.27. The Morgan fingerprint density at radius 2 is 1.83 bits per heavy atom. The number of carbonyl (C=O) groups excluding carboxylic acids is 1. The molecule has 0 fully saturated rings. The van der Waals surface area contributed by atoms with Crippen LogP contribution in [0.5, 0.6) is 17.2 Å². The SMILES string of the molecule is CCOc1cc(C(=O)OCc2cccc(OC)c2)ccc1OC. The lowest BCUT2D eigenvalue weighted by atomic mass is 10.2. The number of hydrogen-bond acceptors (Lipinski definition) is 5. The maximum atomic E-state index is 12.2. The van der Waals surface area contributed by atoms with E-state index in [0.29, 0.717) is 23.7 Å². The van der Waals surface area contributed by atoms with Gasteiger partial charge in [0.15, 0.2) is 11.5 Å². The van der Waals surface area contributed by atoms with E-state index in [2.05, 4.69) is 0 Å². The van der Waals surface area contributed by atoms with Gasteiger partial charge in [0, 0.05) is 0 Å². The Bertz CT molecular complexity index is 666. The molecule has 2 rings (SSSR count). The highest BCUT2D eigenvalue weighted by Gasteiger charge is 2.12. The second-order valence-corrected chi connectivity index (χ2v) is 4.73. The number of methoxy groups -OCH3 is 2. The summed E-state index contributed by atoms with van der Waals surface area (Å²) in [4.78, 5) is 12.2. The van der Waals surface area contributed by atoms with Crippen LogP contribution in [0, 0.1) is 0 Å². The van der Waals surface area contributed by atoms with Crippen molar-refractivity contribution in [3.63, 3.8) is 0 Å². The Kier molecular flexibility index (Phi) is 5.86. The van der Waals surface area contributed by atoms with Crippen LogP contribution in [-0.4, -0.2) is 26.8 Å². The van der Waals surface area contributed by atoms with Crippen LogP contribution in [0.25, 0.3) is 0 Å². The lowest BCUT2D eigenvalue weighted by Crippen LogP contribution is -2.06. The first-order chi connectivity index (χ1) is 11.2. The fraction of sp³-hybridized carbons (Fsp3) is 0.278. The van der Waals surface area contributed by atoms with Gasteiger partial charge in [-0.3, -0.25) is 0 Å². The van der Waals surface area contributed by atoms with Gasteiger partial charge in [0.05, 0.1) is 26.4 Å². The summed E-state index contributed by atoms with van der Waals surface area (Å²) in [5, 5.41) is 0. The summed E-state index contributed by atoms with van der Waals surface area (Å²) in [7, 11) is 3.15. The molecule has 0 amide bonds. The molecule has 0 aliphatic rings. The van der Waals surface area contributed by atoms with E-state index in [9.17, 15) is 4.79 Å². The Morgan fingerprint density at radius 1 is 1.00 bits per heavy atom. The number of benzene rings is 2. The summed E-state index contributed by atoms with van der Waals surface area (Å²) in [6.45, 7) is 2.53. The van der Waals surface area contributed by atoms with E-state index >= 15 is 0 Å². The second-order valence-electron chi connectivity index (χ2n) is 4.73. The lowest BCUT2D eigenvalue weighted by Gasteiger charge is -2.11. The van der Waals surface area contributed by atoms with E-state index in [-0.39, 0.29) is 6.61 Å². The molecule has 0 bridgehead atoms. The molecule has 0 radical (unpaired) electrons. The first-order valence-electron chi connectivity index (χ1n) is 7.28. The molecular weight excluding hydrogens is 296 g/mol. The number of esters is 1. The van der Waals surface area contributed by atoms with Crippen molar-refractivity contribution in [2.24, 2.45) is 0 Å². The van der Waals surface area contributed by atoms with Crippen molar-refractivity contribution in [2.45, 2.75) is 13.5 Å². The van der Waals surface area contributed by atoms with Gasteiger partial charge < -0.3 is 18.9 Å². The molecular formula is C18H20O5. The number of rotatable bonds is 7. The first-order valence-corrected chi connectivity index (χ1v) is 7.28. The van der Waals surface area contributed by atoms with Crippen molar-refractivity contribution in [2.75, 3.05) is 20.8 Å².